The van der Waals surface area contributed by atoms with Gasteiger partial charge in [-0.15, -0.1) is 0 Å². The van der Waals surface area contributed by atoms with Crippen LogP contribution in [0.3, 0.4) is 0 Å². The van der Waals surface area contributed by atoms with Gasteiger partial charge < -0.3 is 20.1 Å². The summed E-state index contributed by atoms with van der Waals surface area (Å²) in [6.45, 7) is 2.12. The molecule has 1 aromatic rings. The van der Waals surface area contributed by atoms with Gasteiger partial charge in [-0.1, -0.05) is 0 Å². The molecule has 1 rings (SSSR count). The van der Waals surface area contributed by atoms with E-state index in [-0.39, 0.29) is 5.91 Å². The molecule has 0 unspecified atom stereocenters. The Bertz CT molecular complexity index is 419. The van der Waals surface area contributed by atoms with Crippen LogP contribution in [0.1, 0.15) is 12.5 Å². The van der Waals surface area contributed by atoms with Crippen LogP contribution in [0, 0.1) is 0 Å². The Morgan fingerprint density at radius 2 is 2.06 bits per heavy atom. The van der Waals surface area contributed by atoms with Gasteiger partial charge in [-0.25, -0.2) is 0 Å². The first-order valence-electron chi connectivity index (χ1n) is 5.71. The Kier molecular flexibility index (Phi) is 4.97. The van der Waals surface area contributed by atoms with Crippen molar-refractivity contribution < 1.29 is 14.3 Å². The first-order chi connectivity index (χ1) is 8.49. The minimum absolute atomic E-state index is 0.104. The smallest absolute Gasteiger partial charge is 0.239 e. The lowest BCUT2D eigenvalue weighted by Gasteiger charge is -2.20. The zero-order chi connectivity index (χ0) is 13.7. The number of amides is 1. The van der Waals surface area contributed by atoms with Crippen molar-refractivity contribution in [3.8, 4) is 11.5 Å². The Labute approximate surface area is 107 Å². The molecule has 0 aliphatic carbocycles. The highest BCUT2D eigenvalue weighted by atomic mass is 16.5. The van der Waals surface area contributed by atoms with Crippen LogP contribution in [-0.2, 0) is 11.3 Å². The van der Waals surface area contributed by atoms with Gasteiger partial charge in [-0.2, -0.15) is 0 Å². The largest absolute Gasteiger partial charge is 0.497 e. The summed E-state index contributed by atoms with van der Waals surface area (Å²) in [6, 6.07) is 5.00. The molecule has 0 saturated carbocycles. The lowest BCUT2D eigenvalue weighted by molar-refractivity contribution is -0.131. The minimum Gasteiger partial charge on any atom is -0.497 e. The van der Waals surface area contributed by atoms with E-state index in [1.807, 2.05) is 12.1 Å². The molecule has 0 heterocycles. The van der Waals surface area contributed by atoms with Crippen LogP contribution in [0.4, 0.5) is 0 Å². The van der Waals surface area contributed by atoms with Gasteiger partial charge in [0, 0.05) is 25.2 Å². The fraction of sp³-hybridized carbons (Fsp3) is 0.462. The van der Waals surface area contributed by atoms with E-state index in [4.69, 9.17) is 15.2 Å². The molecule has 0 bridgehead atoms. The van der Waals surface area contributed by atoms with Gasteiger partial charge in [0.1, 0.15) is 11.5 Å². The van der Waals surface area contributed by atoms with Crippen molar-refractivity contribution >= 4 is 5.91 Å². The van der Waals surface area contributed by atoms with E-state index < -0.39 is 6.04 Å². The number of hydrogen-bond acceptors (Lipinski definition) is 4. The molecule has 100 valence electrons. The van der Waals surface area contributed by atoms with Crippen molar-refractivity contribution in [1.82, 2.24) is 4.90 Å². The number of nitrogens with zero attached hydrogens (tertiary/aromatic N) is 1. The zero-order valence-electron chi connectivity index (χ0n) is 11.3. The van der Waals surface area contributed by atoms with E-state index in [0.29, 0.717) is 12.3 Å². The number of likely N-dealkylation sites (N-methyl/N-ethyl adjacent to an activating group) is 1. The molecule has 2 N–H and O–H groups in total. The molecular formula is C13H20N2O3. The predicted octanol–water partition coefficient (Wildman–Crippen LogP) is 1.01. The standard InChI is InChI=1S/C13H20N2O3/c1-9(14)13(16)15(2)8-10-5-6-11(17-3)7-12(10)18-4/h5-7,9H,8,14H2,1-4H3/t9-/m1/s1. The molecule has 0 radical (unpaired) electrons. The summed E-state index contributed by atoms with van der Waals surface area (Å²) in [7, 11) is 4.90. The van der Waals surface area contributed by atoms with Gasteiger partial charge in [0.15, 0.2) is 0 Å². The number of ether oxygens (including phenoxy) is 2. The number of hydrogen-bond donors (Lipinski definition) is 1. The van der Waals surface area contributed by atoms with Crippen LogP contribution < -0.4 is 15.2 Å². The number of rotatable bonds is 5. The summed E-state index contributed by atoms with van der Waals surface area (Å²) < 4.78 is 10.4. The van der Waals surface area contributed by atoms with Crippen LogP contribution in [0.25, 0.3) is 0 Å². The lowest BCUT2D eigenvalue weighted by atomic mass is 10.1. The Hall–Kier alpha value is -1.75. The third kappa shape index (κ3) is 3.37. The van der Waals surface area contributed by atoms with Gasteiger partial charge >= 0.3 is 0 Å². The SMILES string of the molecule is COc1ccc(CN(C)C(=O)[C@@H](C)N)c(OC)c1. The quantitative estimate of drug-likeness (QED) is 0.849. The van der Waals surface area contributed by atoms with Gasteiger partial charge in [0.2, 0.25) is 5.91 Å². The highest BCUT2D eigenvalue weighted by Crippen LogP contribution is 2.25. The van der Waals surface area contributed by atoms with Crippen molar-refractivity contribution in [2.75, 3.05) is 21.3 Å². The zero-order valence-corrected chi connectivity index (χ0v) is 11.3. The van der Waals surface area contributed by atoms with Crippen LogP contribution in [0.15, 0.2) is 18.2 Å². The van der Waals surface area contributed by atoms with Crippen molar-refractivity contribution in [2.45, 2.75) is 19.5 Å². The maximum Gasteiger partial charge on any atom is 0.239 e. The molecule has 0 saturated heterocycles. The number of nitrogens with two attached hydrogens (primary N) is 1. The number of benzene rings is 1. The number of carbonyl (C=O) groups is 1. The van der Waals surface area contributed by atoms with Crippen LogP contribution in [0.5, 0.6) is 11.5 Å². The monoisotopic (exact) mass is 252 g/mol. The summed E-state index contributed by atoms with van der Waals surface area (Å²) in [6.07, 6.45) is 0. The van der Waals surface area contributed by atoms with Crippen molar-refractivity contribution in [3.63, 3.8) is 0 Å². The van der Waals surface area contributed by atoms with Crippen molar-refractivity contribution in [2.24, 2.45) is 5.73 Å². The molecule has 1 aromatic carbocycles. The summed E-state index contributed by atoms with van der Waals surface area (Å²) in [5.74, 6) is 1.31. The van der Waals surface area contributed by atoms with Crippen LogP contribution >= 0.6 is 0 Å². The first-order valence-corrected chi connectivity index (χ1v) is 5.71. The number of methoxy groups -OCH3 is 2. The van der Waals surface area contributed by atoms with Crippen molar-refractivity contribution in [3.05, 3.63) is 23.8 Å². The molecule has 0 aromatic heterocycles. The van der Waals surface area contributed by atoms with E-state index in [0.717, 1.165) is 11.3 Å². The van der Waals surface area contributed by atoms with Gasteiger partial charge in [-0.3, -0.25) is 4.79 Å². The maximum atomic E-state index is 11.7. The third-order valence-electron chi connectivity index (χ3n) is 2.67. The highest BCUT2D eigenvalue weighted by molar-refractivity contribution is 5.80. The average Bonchev–Trinajstić information content (AvgIpc) is 2.37. The number of carbonyl (C=O) groups excluding carboxylic acids is 1. The van der Waals surface area contributed by atoms with Crippen LogP contribution in [-0.4, -0.2) is 38.1 Å². The summed E-state index contributed by atoms with van der Waals surface area (Å²) in [4.78, 5) is 13.3. The van der Waals surface area contributed by atoms with Crippen molar-refractivity contribution in [1.29, 1.82) is 0 Å². The molecule has 0 spiro atoms. The fourth-order valence-electron chi connectivity index (χ4n) is 1.66. The second kappa shape index (κ2) is 6.26. The topological polar surface area (TPSA) is 64.8 Å². The van der Waals surface area contributed by atoms with E-state index in [1.54, 1.807) is 39.2 Å². The predicted molar refractivity (Wildman–Crippen MR) is 69.7 cm³/mol. The molecule has 0 aliphatic heterocycles. The maximum absolute atomic E-state index is 11.7. The van der Waals surface area contributed by atoms with E-state index in [2.05, 4.69) is 0 Å². The molecule has 1 atom stereocenters. The molecule has 18 heavy (non-hydrogen) atoms. The molecular weight excluding hydrogens is 232 g/mol. The molecule has 1 amide bonds. The lowest BCUT2D eigenvalue weighted by Crippen LogP contribution is -2.39. The average molecular weight is 252 g/mol. The Morgan fingerprint density at radius 3 is 2.56 bits per heavy atom. The van der Waals surface area contributed by atoms with Crippen LogP contribution in [0.2, 0.25) is 0 Å². The van der Waals surface area contributed by atoms with E-state index in [9.17, 15) is 4.79 Å². The molecule has 0 fully saturated rings. The Balaban J connectivity index is 2.87. The minimum atomic E-state index is -0.501. The Morgan fingerprint density at radius 1 is 1.39 bits per heavy atom. The molecule has 5 heteroatoms. The fourth-order valence-corrected chi connectivity index (χ4v) is 1.66. The second-order valence-electron chi connectivity index (χ2n) is 4.16. The molecule has 5 nitrogen and oxygen atoms in total. The van der Waals surface area contributed by atoms with Gasteiger partial charge in [0.25, 0.3) is 0 Å². The van der Waals surface area contributed by atoms with Gasteiger partial charge in [-0.05, 0) is 19.1 Å². The summed E-state index contributed by atoms with van der Waals surface area (Å²) in [5.41, 5.74) is 6.48. The van der Waals surface area contributed by atoms with E-state index in [1.165, 1.54) is 0 Å². The third-order valence-corrected chi connectivity index (χ3v) is 2.67. The second-order valence-corrected chi connectivity index (χ2v) is 4.16. The summed E-state index contributed by atoms with van der Waals surface area (Å²) in [5, 5.41) is 0. The highest BCUT2D eigenvalue weighted by Gasteiger charge is 2.15. The van der Waals surface area contributed by atoms with E-state index >= 15 is 0 Å². The van der Waals surface area contributed by atoms with Gasteiger partial charge in [0.05, 0.1) is 20.3 Å². The molecule has 0 aliphatic rings. The normalized spacial score (nSPS) is 11.8. The first kappa shape index (κ1) is 14.3. The summed E-state index contributed by atoms with van der Waals surface area (Å²) >= 11 is 0.